The Morgan fingerprint density at radius 2 is 1.86 bits per heavy atom. The first kappa shape index (κ1) is 18.7. The first-order valence-corrected chi connectivity index (χ1v) is 9.94. The number of nitrogens with one attached hydrogen (secondary N) is 1. The molecule has 3 heterocycles. The molecule has 0 unspecified atom stereocenters. The van der Waals surface area contributed by atoms with E-state index in [1.807, 2.05) is 30.5 Å². The van der Waals surface area contributed by atoms with Crippen molar-refractivity contribution in [1.29, 1.82) is 0 Å². The van der Waals surface area contributed by atoms with Gasteiger partial charge in [0.25, 0.3) is 0 Å². The smallest absolute Gasteiger partial charge is 0.170 e. The summed E-state index contributed by atoms with van der Waals surface area (Å²) in [6.45, 7) is 2.94. The summed E-state index contributed by atoms with van der Waals surface area (Å²) >= 11 is 5.67. The predicted octanol–water partition coefficient (Wildman–Crippen LogP) is 3.54. The molecule has 2 N–H and O–H groups in total. The monoisotopic (exact) mass is 392 g/mol. The Balaban J connectivity index is 1.82. The average Bonchev–Trinajstić information content (AvgIpc) is 3.27. The molecule has 1 saturated heterocycles. The van der Waals surface area contributed by atoms with E-state index in [1.165, 1.54) is 5.69 Å². The minimum absolute atomic E-state index is 0.0112. The second-order valence-electron chi connectivity index (χ2n) is 6.97. The van der Waals surface area contributed by atoms with Gasteiger partial charge in [0.05, 0.1) is 17.8 Å². The quantitative estimate of drug-likeness (QED) is 0.629. The number of hydrogen-bond acceptors (Lipinski definition) is 3. The molecule has 28 heavy (non-hydrogen) atoms. The van der Waals surface area contributed by atoms with E-state index in [-0.39, 0.29) is 18.7 Å². The summed E-state index contributed by atoms with van der Waals surface area (Å²) in [6.07, 6.45) is 2.48. The maximum atomic E-state index is 9.38. The van der Waals surface area contributed by atoms with Gasteiger partial charge >= 0.3 is 0 Å². The zero-order valence-corrected chi connectivity index (χ0v) is 16.6. The number of hydrogen-bond donors (Lipinski definition) is 2. The predicted molar refractivity (Wildman–Crippen MR) is 114 cm³/mol. The van der Waals surface area contributed by atoms with Gasteiger partial charge < -0.3 is 19.9 Å². The fraction of sp³-hybridized carbons (Fsp3) is 0.273. The Labute approximate surface area is 170 Å². The van der Waals surface area contributed by atoms with Crippen LogP contribution in [0.5, 0.6) is 0 Å². The standard InChI is InChI=1S/C22H24N4OS/c1-16-11-12-19(26(16)17-8-3-2-4-9-17)21-20(18-10-5-6-13-23-18)24-22(28)25(21)14-7-15-27/h2-6,8-13,20-21,27H,7,14-15H2,1H3,(H,24,28)/t20-,21-/m0/s1. The molecule has 0 spiro atoms. The fourth-order valence-corrected chi connectivity index (χ4v) is 4.26. The van der Waals surface area contributed by atoms with Crippen LogP contribution in [0.2, 0.25) is 0 Å². The summed E-state index contributed by atoms with van der Waals surface area (Å²) < 4.78 is 2.28. The summed E-state index contributed by atoms with van der Waals surface area (Å²) in [7, 11) is 0. The van der Waals surface area contributed by atoms with E-state index in [9.17, 15) is 5.11 Å². The van der Waals surface area contributed by atoms with Gasteiger partial charge in [-0.1, -0.05) is 24.3 Å². The molecular weight excluding hydrogens is 368 g/mol. The van der Waals surface area contributed by atoms with Crippen molar-refractivity contribution >= 4 is 17.3 Å². The van der Waals surface area contributed by atoms with E-state index in [2.05, 4.69) is 63.1 Å². The molecule has 2 atom stereocenters. The van der Waals surface area contributed by atoms with E-state index in [1.54, 1.807) is 0 Å². The van der Waals surface area contributed by atoms with E-state index in [0.29, 0.717) is 18.1 Å². The van der Waals surface area contributed by atoms with Gasteiger partial charge in [-0.15, -0.1) is 0 Å². The molecule has 3 aromatic rings. The molecule has 5 nitrogen and oxygen atoms in total. The lowest BCUT2D eigenvalue weighted by Gasteiger charge is -2.29. The molecule has 2 aromatic heterocycles. The third kappa shape index (κ3) is 3.41. The van der Waals surface area contributed by atoms with Crippen LogP contribution in [0.4, 0.5) is 0 Å². The summed E-state index contributed by atoms with van der Waals surface area (Å²) in [5, 5.41) is 13.5. The number of benzene rings is 1. The third-order valence-corrected chi connectivity index (χ3v) is 5.53. The molecule has 0 radical (unpaired) electrons. The minimum atomic E-state index is -0.0517. The highest BCUT2D eigenvalue weighted by Gasteiger charge is 2.41. The molecule has 144 valence electrons. The number of para-hydroxylation sites is 1. The molecule has 0 aliphatic carbocycles. The van der Waals surface area contributed by atoms with E-state index in [4.69, 9.17) is 12.2 Å². The number of aliphatic hydroxyl groups is 1. The Morgan fingerprint density at radius 3 is 2.57 bits per heavy atom. The highest BCUT2D eigenvalue weighted by atomic mass is 32.1. The number of aryl methyl sites for hydroxylation is 1. The molecule has 0 amide bonds. The Kier molecular flexibility index (Phi) is 5.41. The van der Waals surface area contributed by atoms with Crippen LogP contribution in [0.3, 0.4) is 0 Å². The molecule has 1 aromatic carbocycles. The van der Waals surface area contributed by atoms with Crippen LogP contribution in [0.25, 0.3) is 5.69 Å². The second-order valence-corrected chi connectivity index (χ2v) is 7.35. The van der Waals surface area contributed by atoms with Crippen molar-refractivity contribution < 1.29 is 5.11 Å². The zero-order chi connectivity index (χ0) is 19.5. The van der Waals surface area contributed by atoms with Gasteiger partial charge in [0, 0.05) is 36.4 Å². The Morgan fingerprint density at radius 1 is 1.07 bits per heavy atom. The second kappa shape index (κ2) is 8.12. The molecule has 1 aliphatic heterocycles. The van der Waals surface area contributed by atoms with E-state index in [0.717, 1.165) is 17.1 Å². The van der Waals surface area contributed by atoms with Crippen LogP contribution in [-0.4, -0.2) is 37.8 Å². The number of nitrogens with zero attached hydrogens (tertiary/aromatic N) is 3. The SMILES string of the molecule is Cc1ccc([C@H]2[C@H](c3ccccn3)NC(=S)N2CCCO)n1-c1ccccc1. The molecule has 0 bridgehead atoms. The normalized spacial score (nSPS) is 19.1. The van der Waals surface area contributed by atoms with Crippen molar-refractivity contribution in [2.45, 2.75) is 25.4 Å². The number of aliphatic hydroxyl groups excluding tert-OH is 1. The summed E-state index contributed by atoms with van der Waals surface area (Å²) in [4.78, 5) is 6.77. The number of thiocarbonyl (C=S) groups is 1. The average molecular weight is 393 g/mol. The molecule has 6 heteroatoms. The van der Waals surface area contributed by atoms with Crippen LogP contribution in [0, 0.1) is 6.92 Å². The van der Waals surface area contributed by atoms with Crippen LogP contribution in [0.15, 0.2) is 66.9 Å². The Hall–Kier alpha value is -2.70. The maximum Gasteiger partial charge on any atom is 0.170 e. The summed E-state index contributed by atoms with van der Waals surface area (Å²) in [5.41, 5.74) is 4.41. The highest BCUT2D eigenvalue weighted by molar-refractivity contribution is 7.80. The van der Waals surface area contributed by atoms with Crippen LogP contribution < -0.4 is 5.32 Å². The van der Waals surface area contributed by atoms with Crippen molar-refractivity contribution in [2.24, 2.45) is 0 Å². The lowest BCUT2D eigenvalue weighted by Crippen LogP contribution is -2.32. The Bertz CT molecular complexity index is 942. The number of rotatable bonds is 6. The van der Waals surface area contributed by atoms with Crippen molar-refractivity contribution in [3.63, 3.8) is 0 Å². The van der Waals surface area contributed by atoms with Crippen molar-refractivity contribution in [1.82, 2.24) is 19.8 Å². The van der Waals surface area contributed by atoms with E-state index >= 15 is 0 Å². The van der Waals surface area contributed by atoms with Gasteiger partial charge in [0.1, 0.15) is 0 Å². The molecule has 1 fully saturated rings. The van der Waals surface area contributed by atoms with Gasteiger partial charge in [-0.25, -0.2) is 0 Å². The van der Waals surface area contributed by atoms with Crippen LogP contribution in [0.1, 0.15) is 35.6 Å². The summed E-state index contributed by atoms with van der Waals surface area (Å²) in [6, 6.07) is 20.6. The fourth-order valence-electron chi connectivity index (χ4n) is 3.93. The molecular formula is C22H24N4OS. The largest absolute Gasteiger partial charge is 0.396 e. The molecule has 4 rings (SSSR count). The minimum Gasteiger partial charge on any atom is -0.396 e. The molecule has 0 saturated carbocycles. The van der Waals surface area contributed by atoms with Gasteiger partial charge in [-0.05, 0) is 62.0 Å². The third-order valence-electron chi connectivity index (χ3n) is 5.18. The zero-order valence-electron chi connectivity index (χ0n) is 15.8. The van der Waals surface area contributed by atoms with Gasteiger partial charge in [-0.3, -0.25) is 4.98 Å². The highest BCUT2D eigenvalue weighted by Crippen LogP contribution is 2.40. The lowest BCUT2D eigenvalue weighted by molar-refractivity contribution is 0.244. The molecule has 1 aliphatic rings. The maximum absolute atomic E-state index is 9.38. The number of aromatic nitrogens is 2. The van der Waals surface area contributed by atoms with Gasteiger partial charge in [0.15, 0.2) is 5.11 Å². The first-order chi connectivity index (χ1) is 13.7. The van der Waals surface area contributed by atoms with E-state index < -0.39 is 0 Å². The van der Waals surface area contributed by atoms with Gasteiger partial charge in [-0.2, -0.15) is 0 Å². The first-order valence-electron chi connectivity index (χ1n) is 9.53. The topological polar surface area (TPSA) is 53.3 Å². The number of pyridine rings is 1. The van der Waals surface area contributed by atoms with Gasteiger partial charge in [0.2, 0.25) is 0 Å². The van der Waals surface area contributed by atoms with Crippen LogP contribution in [-0.2, 0) is 0 Å². The lowest BCUT2D eigenvalue weighted by atomic mass is 10.0. The van der Waals surface area contributed by atoms with Crippen LogP contribution >= 0.6 is 12.2 Å². The van der Waals surface area contributed by atoms with Crippen molar-refractivity contribution in [3.8, 4) is 5.69 Å². The van der Waals surface area contributed by atoms with Crippen molar-refractivity contribution in [2.75, 3.05) is 13.2 Å². The van der Waals surface area contributed by atoms with Crippen molar-refractivity contribution in [3.05, 3.63) is 83.9 Å². The summed E-state index contributed by atoms with van der Waals surface area (Å²) in [5.74, 6) is 0.